The number of aromatic nitrogens is 2. The van der Waals surface area contributed by atoms with Crippen molar-refractivity contribution in [1.82, 2.24) is 9.97 Å². The van der Waals surface area contributed by atoms with Gasteiger partial charge in [-0.2, -0.15) is 10.2 Å². The molecule has 4 rings (SSSR count). The molecule has 0 aliphatic carbocycles. The maximum absolute atomic E-state index is 12.1. The van der Waals surface area contributed by atoms with Crippen molar-refractivity contribution in [1.29, 1.82) is 5.26 Å². The van der Waals surface area contributed by atoms with E-state index in [-0.39, 0.29) is 5.57 Å². The van der Waals surface area contributed by atoms with Crippen LogP contribution in [0.2, 0.25) is 0 Å². The minimum atomic E-state index is -0.449. The number of hydrogen-bond donors (Lipinski definition) is 3. The Morgan fingerprint density at radius 2 is 1.82 bits per heavy atom. The van der Waals surface area contributed by atoms with Crippen molar-refractivity contribution in [2.24, 2.45) is 0 Å². The Bertz CT molecular complexity index is 1210. The van der Waals surface area contributed by atoms with Crippen molar-refractivity contribution in [3.05, 3.63) is 72.4 Å². The monoisotopic (exact) mass is 455 g/mol. The Hall–Kier alpha value is -4.42. The maximum atomic E-state index is 12.1. The van der Waals surface area contributed by atoms with E-state index in [1.54, 1.807) is 37.4 Å². The number of nitrogens with zero attached hydrogens (tertiary/aromatic N) is 4. The molecule has 1 aromatic heterocycles. The van der Waals surface area contributed by atoms with Gasteiger partial charge in [0.2, 0.25) is 5.95 Å². The van der Waals surface area contributed by atoms with E-state index in [2.05, 4.69) is 43.0 Å². The van der Waals surface area contributed by atoms with Crippen molar-refractivity contribution in [3.8, 4) is 6.07 Å². The topological polar surface area (TPSA) is 115 Å². The van der Waals surface area contributed by atoms with Gasteiger partial charge in [0.15, 0.2) is 0 Å². The Labute approximate surface area is 198 Å². The molecule has 0 saturated carbocycles. The summed E-state index contributed by atoms with van der Waals surface area (Å²) in [5, 5.41) is 18.2. The fraction of sp³-hybridized carbons (Fsp3) is 0.200. The van der Waals surface area contributed by atoms with Gasteiger partial charge in [0.1, 0.15) is 17.5 Å². The molecule has 9 heteroatoms. The quantitative estimate of drug-likeness (QED) is 0.359. The third kappa shape index (κ3) is 5.88. The maximum Gasteiger partial charge on any atom is 0.265 e. The first-order valence-corrected chi connectivity index (χ1v) is 10.9. The van der Waals surface area contributed by atoms with Gasteiger partial charge in [-0.05, 0) is 55.5 Å². The van der Waals surface area contributed by atoms with E-state index in [0.29, 0.717) is 17.5 Å². The van der Waals surface area contributed by atoms with Gasteiger partial charge in [0.05, 0.1) is 13.2 Å². The molecule has 3 N–H and O–H groups in total. The van der Waals surface area contributed by atoms with Crippen LogP contribution in [-0.4, -0.2) is 42.2 Å². The zero-order valence-electron chi connectivity index (χ0n) is 18.8. The van der Waals surface area contributed by atoms with Crippen LogP contribution in [0.3, 0.4) is 0 Å². The number of carbonyl (C=O) groups is 1. The van der Waals surface area contributed by atoms with Gasteiger partial charge in [-0.3, -0.25) is 4.79 Å². The zero-order chi connectivity index (χ0) is 23.8. The standard InChI is InChI=1S/C25H25N7O2/c1-2-18(17-26)24(33)29-21-5-3-4-20(16-21)28-23-10-11-27-25(31-23)30-19-6-8-22(9-7-19)32-12-14-34-15-13-32/h2-11,16H,12-15H2,1H3,(H,29,33)(H2,27,28,30,31)/b18-2+. The molecule has 1 saturated heterocycles. The minimum Gasteiger partial charge on any atom is -0.378 e. The number of carbonyl (C=O) groups excluding carboxylic acids is 1. The van der Waals surface area contributed by atoms with Gasteiger partial charge in [0.25, 0.3) is 5.91 Å². The van der Waals surface area contributed by atoms with Crippen LogP contribution < -0.4 is 20.9 Å². The molecule has 0 unspecified atom stereocenters. The van der Waals surface area contributed by atoms with Crippen molar-refractivity contribution in [2.45, 2.75) is 6.92 Å². The Morgan fingerprint density at radius 3 is 2.56 bits per heavy atom. The lowest BCUT2D eigenvalue weighted by Crippen LogP contribution is -2.36. The van der Waals surface area contributed by atoms with Gasteiger partial charge in [-0.15, -0.1) is 0 Å². The summed E-state index contributed by atoms with van der Waals surface area (Å²) in [6, 6.07) is 18.9. The normalized spacial score (nSPS) is 13.6. The van der Waals surface area contributed by atoms with Gasteiger partial charge < -0.3 is 25.6 Å². The van der Waals surface area contributed by atoms with Crippen LogP contribution in [0.4, 0.5) is 34.5 Å². The Morgan fingerprint density at radius 1 is 1.06 bits per heavy atom. The van der Waals surface area contributed by atoms with Gasteiger partial charge in [0, 0.05) is 42.0 Å². The summed E-state index contributed by atoms with van der Waals surface area (Å²) in [5.41, 5.74) is 3.40. The van der Waals surface area contributed by atoms with Gasteiger partial charge >= 0.3 is 0 Å². The molecule has 1 amide bonds. The van der Waals surface area contributed by atoms with Crippen molar-refractivity contribution in [3.63, 3.8) is 0 Å². The SMILES string of the molecule is C/C=C(\C#N)C(=O)Nc1cccc(Nc2ccnc(Nc3ccc(N4CCOCC4)cc3)n2)c1. The fourth-order valence-corrected chi connectivity index (χ4v) is 3.46. The number of morpholine rings is 1. The third-order valence-corrected chi connectivity index (χ3v) is 5.20. The first-order valence-electron chi connectivity index (χ1n) is 10.9. The van der Waals surface area contributed by atoms with E-state index in [1.807, 2.05) is 24.3 Å². The second-order valence-electron chi connectivity index (χ2n) is 7.51. The van der Waals surface area contributed by atoms with Crippen LogP contribution in [0.1, 0.15) is 6.92 Å². The number of nitriles is 1. The molecule has 1 aliphatic rings. The Balaban J connectivity index is 1.40. The first kappa shape index (κ1) is 22.8. The van der Waals surface area contributed by atoms with E-state index in [0.717, 1.165) is 43.4 Å². The molecule has 1 aliphatic heterocycles. The zero-order valence-corrected chi connectivity index (χ0v) is 18.8. The highest BCUT2D eigenvalue weighted by molar-refractivity contribution is 6.06. The lowest BCUT2D eigenvalue weighted by atomic mass is 10.2. The summed E-state index contributed by atoms with van der Waals surface area (Å²) < 4.78 is 5.41. The van der Waals surface area contributed by atoms with E-state index in [1.165, 1.54) is 6.08 Å². The number of benzene rings is 2. The minimum absolute atomic E-state index is 0.0582. The lowest BCUT2D eigenvalue weighted by molar-refractivity contribution is -0.112. The number of rotatable bonds is 7. The molecule has 9 nitrogen and oxygen atoms in total. The van der Waals surface area contributed by atoms with Crippen LogP contribution in [0.25, 0.3) is 0 Å². The van der Waals surface area contributed by atoms with E-state index in [4.69, 9.17) is 10.00 Å². The summed E-state index contributed by atoms with van der Waals surface area (Å²) in [4.78, 5) is 23.2. The number of ether oxygens (including phenoxy) is 1. The van der Waals surface area contributed by atoms with Crippen LogP contribution in [0.5, 0.6) is 0 Å². The molecule has 2 heterocycles. The number of anilines is 6. The molecule has 172 valence electrons. The van der Waals surface area contributed by atoms with Gasteiger partial charge in [-0.1, -0.05) is 12.1 Å². The highest BCUT2D eigenvalue weighted by Crippen LogP contribution is 2.23. The predicted molar refractivity (Wildman–Crippen MR) is 133 cm³/mol. The predicted octanol–water partition coefficient (Wildman–Crippen LogP) is 4.21. The van der Waals surface area contributed by atoms with Crippen LogP contribution in [-0.2, 0) is 9.53 Å². The van der Waals surface area contributed by atoms with Crippen LogP contribution >= 0.6 is 0 Å². The number of allylic oxidation sites excluding steroid dienone is 1. The van der Waals surface area contributed by atoms with E-state index >= 15 is 0 Å². The van der Waals surface area contributed by atoms with Crippen LogP contribution in [0.15, 0.2) is 72.4 Å². The molecule has 0 bridgehead atoms. The van der Waals surface area contributed by atoms with Crippen molar-refractivity contribution >= 4 is 40.4 Å². The van der Waals surface area contributed by atoms with Gasteiger partial charge in [-0.25, -0.2) is 4.98 Å². The highest BCUT2D eigenvalue weighted by Gasteiger charge is 2.11. The molecule has 34 heavy (non-hydrogen) atoms. The summed E-state index contributed by atoms with van der Waals surface area (Å²) in [6.07, 6.45) is 3.14. The summed E-state index contributed by atoms with van der Waals surface area (Å²) in [5.74, 6) is 0.604. The third-order valence-electron chi connectivity index (χ3n) is 5.20. The molecule has 0 atom stereocenters. The summed E-state index contributed by atoms with van der Waals surface area (Å²) >= 11 is 0. The van der Waals surface area contributed by atoms with Crippen molar-refractivity contribution in [2.75, 3.05) is 47.2 Å². The average Bonchev–Trinajstić information content (AvgIpc) is 2.86. The molecule has 1 fully saturated rings. The summed E-state index contributed by atoms with van der Waals surface area (Å²) in [6.45, 7) is 4.93. The Kier molecular flexibility index (Phi) is 7.32. The molecule has 0 spiro atoms. The average molecular weight is 456 g/mol. The number of amides is 1. The molecular formula is C25H25N7O2. The number of hydrogen-bond acceptors (Lipinski definition) is 8. The lowest BCUT2D eigenvalue weighted by Gasteiger charge is -2.28. The molecule has 0 radical (unpaired) electrons. The van der Waals surface area contributed by atoms with Crippen LogP contribution in [0, 0.1) is 11.3 Å². The first-order chi connectivity index (χ1) is 16.6. The highest BCUT2D eigenvalue weighted by atomic mass is 16.5. The second kappa shape index (κ2) is 10.9. The molecular weight excluding hydrogens is 430 g/mol. The van der Waals surface area contributed by atoms with Crippen molar-refractivity contribution < 1.29 is 9.53 Å². The molecule has 2 aromatic carbocycles. The second-order valence-corrected chi connectivity index (χ2v) is 7.51. The fourth-order valence-electron chi connectivity index (χ4n) is 3.46. The number of nitrogens with one attached hydrogen (secondary N) is 3. The van der Waals surface area contributed by atoms with E-state index < -0.39 is 5.91 Å². The van der Waals surface area contributed by atoms with E-state index in [9.17, 15) is 4.79 Å². The smallest absolute Gasteiger partial charge is 0.265 e. The summed E-state index contributed by atoms with van der Waals surface area (Å²) in [7, 11) is 0. The largest absolute Gasteiger partial charge is 0.378 e. The molecule has 3 aromatic rings.